The van der Waals surface area contributed by atoms with Crippen LogP contribution in [0.1, 0.15) is 36.3 Å². The van der Waals surface area contributed by atoms with Gasteiger partial charge in [0.1, 0.15) is 6.33 Å². The van der Waals surface area contributed by atoms with E-state index in [4.69, 9.17) is 23.2 Å². The summed E-state index contributed by atoms with van der Waals surface area (Å²) in [7, 11) is 0. The molecule has 0 aliphatic carbocycles. The number of rotatable bonds is 6. The van der Waals surface area contributed by atoms with E-state index in [9.17, 15) is 9.90 Å². The van der Waals surface area contributed by atoms with E-state index in [0.29, 0.717) is 48.9 Å². The zero-order chi connectivity index (χ0) is 21.8. The molecule has 0 bridgehead atoms. The Balaban J connectivity index is 1.43. The SMILES string of the molecule is O=C(C[C@@H](Cn1cnnn1)c1ccc(Cl)cc1)N1CCC(O)(c2ccc(Cl)cc2)CC1. The molecule has 1 atom stereocenters. The number of hydrogen-bond acceptors (Lipinski definition) is 5. The fourth-order valence-corrected chi connectivity index (χ4v) is 4.28. The van der Waals surface area contributed by atoms with Crippen molar-refractivity contribution in [2.45, 2.75) is 37.3 Å². The van der Waals surface area contributed by atoms with E-state index in [1.54, 1.807) is 23.1 Å². The number of carbonyl (C=O) groups is 1. The summed E-state index contributed by atoms with van der Waals surface area (Å²) in [6, 6.07) is 14.8. The number of amides is 1. The molecule has 4 rings (SSSR count). The zero-order valence-corrected chi connectivity index (χ0v) is 18.4. The monoisotopic (exact) mass is 459 g/mol. The van der Waals surface area contributed by atoms with Gasteiger partial charge in [0.05, 0.1) is 12.1 Å². The van der Waals surface area contributed by atoms with Crippen LogP contribution in [0.5, 0.6) is 0 Å². The lowest BCUT2D eigenvalue weighted by Gasteiger charge is -2.39. The molecule has 0 unspecified atom stereocenters. The lowest BCUT2D eigenvalue weighted by atomic mass is 9.84. The molecule has 9 heteroatoms. The molecule has 1 saturated heterocycles. The van der Waals surface area contributed by atoms with Crippen LogP contribution in [0, 0.1) is 0 Å². The predicted octanol–water partition coefficient (Wildman–Crippen LogP) is 3.66. The first-order valence-corrected chi connectivity index (χ1v) is 10.9. The molecule has 1 aromatic heterocycles. The van der Waals surface area contributed by atoms with Crippen LogP contribution in [0.25, 0.3) is 0 Å². The molecule has 1 aliphatic rings. The van der Waals surface area contributed by atoms with E-state index < -0.39 is 5.60 Å². The third-order valence-corrected chi connectivity index (χ3v) is 6.39. The Labute approximate surface area is 190 Å². The number of aliphatic hydroxyl groups is 1. The van der Waals surface area contributed by atoms with E-state index in [1.165, 1.54) is 0 Å². The predicted molar refractivity (Wildman–Crippen MR) is 118 cm³/mol. The summed E-state index contributed by atoms with van der Waals surface area (Å²) < 4.78 is 1.63. The van der Waals surface area contributed by atoms with Gasteiger partial charge in [-0.2, -0.15) is 0 Å². The van der Waals surface area contributed by atoms with Crippen molar-refractivity contribution in [3.63, 3.8) is 0 Å². The summed E-state index contributed by atoms with van der Waals surface area (Å²) in [5.41, 5.74) is 0.897. The molecule has 1 amide bonds. The van der Waals surface area contributed by atoms with Gasteiger partial charge < -0.3 is 10.0 Å². The second-order valence-corrected chi connectivity index (χ2v) is 8.78. The number of piperidine rings is 1. The summed E-state index contributed by atoms with van der Waals surface area (Å²) in [4.78, 5) is 14.9. The minimum Gasteiger partial charge on any atom is -0.385 e. The van der Waals surface area contributed by atoms with E-state index >= 15 is 0 Å². The number of nitrogens with zero attached hydrogens (tertiary/aromatic N) is 5. The lowest BCUT2D eigenvalue weighted by Crippen LogP contribution is -2.45. The molecule has 1 fully saturated rings. The summed E-state index contributed by atoms with van der Waals surface area (Å²) >= 11 is 12.0. The molecule has 0 spiro atoms. The topological polar surface area (TPSA) is 84.1 Å². The molecule has 2 heterocycles. The standard InChI is InChI=1S/C22H23Cl2N5O2/c23-19-5-1-16(2-6-19)17(14-29-15-25-26-27-29)13-21(30)28-11-9-22(31,10-12-28)18-3-7-20(24)8-4-18/h1-8,15,17,31H,9-14H2/t17-/m0/s1. The fraction of sp³-hybridized carbons (Fsp3) is 0.364. The first-order valence-electron chi connectivity index (χ1n) is 10.2. The highest BCUT2D eigenvalue weighted by molar-refractivity contribution is 6.30. The van der Waals surface area contributed by atoms with Gasteiger partial charge in [0.2, 0.25) is 5.91 Å². The Bertz CT molecular complexity index is 1000. The molecule has 0 saturated carbocycles. The molecule has 162 valence electrons. The average molecular weight is 460 g/mol. The quantitative estimate of drug-likeness (QED) is 0.607. The molecule has 31 heavy (non-hydrogen) atoms. The van der Waals surface area contributed by atoms with Gasteiger partial charge in [0.15, 0.2) is 0 Å². The summed E-state index contributed by atoms with van der Waals surface area (Å²) in [6.07, 6.45) is 2.83. The second kappa shape index (κ2) is 9.34. The Morgan fingerprint density at radius 1 is 1.03 bits per heavy atom. The van der Waals surface area contributed by atoms with Crippen molar-refractivity contribution in [1.29, 1.82) is 0 Å². The van der Waals surface area contributed by atoms with Crippen LogP contribution in [-0.4, -0.2) is 49.2 Å². The first-order chi connectivity index (χ1) is 14.9. The van der Waals surface area contributed by atoms with Crippen LogP contribution in [0.2, 0.25) is 10.0 Å². The third-order valence-electron chi connectivity index (χ3n) is 5.89. The maximum absolute atomic E-state index is 13.1. The van der Waals surface area contributed by atoms with Crippen molar-refractivity contribution in [3.05, 3.63) is 76.0 Å². The largest absolute Gasteiger partial charge is 0.385 e. The van der Waals surface area contributed by atoms with E-state index in [2.05, 4.69) is 15.5 Å². The van der Waals surface area contributed by atoms with Crippen LogP contribution in [0.3, 0.4) is 0 Å². The van der Waals surface area contributed by atoms with Crippen LogP contribution < -0.4 is 0 Å². The van der Waals surface area contributed by atoms with Crippen LogP contribution >= 0.6 is 23.2 Å². The summed E-state index contributed by atoms with van der Waals surface area (Å²) in [5.74, 6) is -0.0449. The van der Waals surface area contributed by atoms with Crippen molar-refractivity contribution < 1.29 is 9.90 Å². The van der Waals surface area contributed by atoms with Gasteiger partial charge in [-0.05, 0) is 58.7 Å². The smallest absolute Gasteiger partial charge is 0.223 e. The van der Waals surface area contributed by atoms with Crippen LogP contribution in [-0.2, 0) is 16.9 Å². The number of benzene rings is 2. The first kappa shape index (κ1) is 21.7. The lowest BCUT2D eigenvalue weighted by molar-refractivity contribution is -0.136. The zero-order valence-electron chi connectivity index (χ0n) is 16.9. The number of hydrogen-bond donors (Lipinski definition) is 1. The van der Waals surface area contributed by atoms with Gasteiger partial charge in [-0.25, -0.2) is 4.68 Å². The van der Waals surface area contributed by atoms with Gasteiger partial charge in [-0.3, -0.25) is 4.79 Å². The number of likely N-dealkylation sites (tertiary alicyclic amines) is 1. The number of carbonyl (C=O) groups excluding carboxylic acids is 1. The van der Waals surface area contributed by atoms with Crippen molar-refractivity contribution in [2.75, 3.05) is 13.1 Å². The Kier molecular flexibility index (Phi) is 6.55. The average Bonchev–Trinajstić information content (AvgIpc) is 3.28. The highest BCUT2D eigenvalue weighted by Crippen LogP contribution is 2.34. The minimum atomic E-state index is -0.941. The molecular formula is C22H23Cl2N5O2. The van der Waals surface area contributed by atoms with Gasteiger partial charge in [-0.15, -0.1) is 5.10 Å². The van der Waals surface area contributed by atoms with Crippen molar-refractivity contribution in [2.24, 2.45) is 0 Å². The Morgan fingerprint density at radius 3 is 2.23 bits per heavy atom. The third kappa shape index (κ3) is 5.23. The van der Waals surface area contributed by atoms with Gasteiger partial charge in [-0.1, -0.05) is 47.5 Å². The molecule has 0 radical (unpaired) electrons. The maximum Gasteiger partial charge on any atom is 0.223 e. The van der Waals surface area contributed by atoms with E-state index in [0.717, 1.165) is 11.1 Å². The number of halogens is 2. The Hall–Kier alpha value is -2.48. The van der Waals surface area contributed by atoms with Crippen molar-refractivity contribution >= 4 is 29.1 Å². The molecule has 3 aromatic rings. The highest BCUT2D eigenvalue weighted by atomic mass is 35.5. The van der Waals surface area contributed by atoms with E-state index in [-0.39, 0.29) is 11.8 Å². The van der Waals surface area contributed by atoms with Gasteiger partial charge in [0, 0.05) is 35.5 Å². The Morgan fingerprint density at radius 2 is 1.65 bits per heavy atom. The number of aromatic nitrogens is 4. The summed E-state index contributed by atoms with van der Waals surface area (Å²) in [5, 5.41) is 23.7. The van der Waals surface area contributed by atoms with Gasteiger partial charge in [0.25, 0.3) is 0 Å². The van der Waals surface area contributed by atoms with Crippen molar-refractivity contribution in [1.82, 2.24) is 25.1 Å². The fourth-order valence-electron chi connectivity index (χ4n) is 4.03. The second-order valence-electron chi connectivity index (χ2n) is 7.90. The van der Waals surface area contributed by atoms with Crippen LogP contribution in [0.4, 0.5) is 0 Å². The van der Waals surface area contributed by atoms with Crippen LogP contribution in [0.15, 0.2) is 54.9 Å². The van der Waals surface area contributed by atoms with Crippen molar-refractivity contribution in [3.8, 4) is 0 Å². The normalized spacial score (nSPS) is 16.8. The molecule has 2 aromatic carbocycles. The number of tetrazole rings is 1. The molecular weight excluding hydrogens is 437 g/mol. The minimum absolute atomic E-state index is 0.0474. The molecule has 1 N–H and O–H groups in total. The maximum atomic E-state index is 13.1. The van der Waals surface area contributed by atoms with E-state index in [1.807, 2.05) is 41.3 Å². The molecule has 7 nitrogen and oxygen atoms in total. The van der Waals surface area contributed by atoms with Gasteiger partial charge >= 0.3 is 0 Å². The highest BCUT2D eigenvalue weighted by Gasteiger charge is 2.35. The molecule has 1 aliphatic heterocycles. The summed E-state index contributed by atoms with van der Waals surface area (Å²) in [6.45, 7) is 1.48.